The van der Waals surface area contributed by atoms with Crippen molar-refractivity contribution in [2.45, 2.75) is 114 Å². The van der Waals surface area contributed by atoms with Crippen LogP contribution >= 0.6 is 31.9 Å². The molecule has 4 fully saturated rings. The summed E-state index contributed by atoms with van der Waals surface area (Å²) < 4.78 is 11.3. The monoisotopic (exact) mass is 674 g/mol. The summed E-state index contributed by atoms with van der Waals surface area (Å²) in [6.45, 7) is 11.0. The third-order valence-electron chi connectivity index (χ3n) is 10.9. The Morgan fingerprint density at radius 1 is 1.05 bits per heavy atom. The quantitative estimate of drug-likeness (QED) is 0.284. The Labute approximate surface area is 249 Å². The molecule has 0 heterocycles. The molecule has 1 N–H and O–H groups in total. The maximum Gasteiger partial charge on any atom is 0.306 e. The molecule has 12 atom stereocenters. The van der Waals surface area contributed by atoms with Gasteiger partial charge < -0.3 is 14.6 Å². The number of fused-ring (bicyclic) bond motifs is 5. The van der Waals surface area contributed by atoms with Gasteiger partial charge >= 0.3 is 11.9 Å². The predicted octanol–water partition coefficient (Wildman–Crippen LogP) is 5.41. The van der Waals surface area contributed by atoms with Crippen molar-refractivity contribution in [1.29, 1.82) is 0 Å². The van der Waals surface area contributed by atoms with Gasteiger partial charge in [0.15, 0.2) is 5.78 Å². The molecule has 0 bridgehead atoms. The zero-order valence-corrected chi connectivity index (χ0v) is 27.1. The van der Waals surface area contributed by atoms with Gasteiger partial charge in [0, 0.05) is 19.3 Å². The number of rotatable bonds is 7. The van der Waals surface area contributed by atoms with Gasteiger partial charge in [0.2, 0.25) is 0 Å². The average molecular weight is 676 g/mol. The lowest BCUT2D eigenvalue weighted by Crippen LogP contribution is -2.67. The summed E-state index contributed by atoms with van der Waals surface area (Å²) >= 11 is 7.31. The molecule has 0 aliphatic heterocycles. The summed E-state index contributed by atoms with van der Waals surface area (Å²) in [5.41, 5.74) is -1.22. The fourth-order valence-corrected chi connectivity index (χ4v) is 12.0. The summed E-state index contributed by atoms with van der Waals surface area (Å²) in [7, 11) is 0. The van der Waals surface area contributed by atoms with Crippen LogP contribution < -0.4 is 0 Å². The smallest absolute Gasteiger partial charge is 0.306 e. The van der Waals surface area contributed by atoms with Crippen molar-refractivity contribution in [2.24, 2.45) is 46.3 Å². The molecule has 0 spiro atoms. The standard InChI is InChI=1S/C30H44Br2O7/c1-14(2)38-25(36)10-7-15(3)18-8-9-19-26-20(12-24(35)30(18,19)16(4)33)29(6)13-22(31)28(37)27(32)21(29)11-23(26)39-17(5)34/h14-15,18-24,26-27,35H,7-13H2,1-6H3/t15-,18-,19+,20?,21-,22+,23-,24+,26?,27-,29-,30-/m1/s1. The van der Waals surface area contributed by atoms with Gasteiger partial charge in [0.25, 0.3) is 0 Å². The van der Waals surface area contributed by atoms with E-state index in [4.69, 9.17) is 9.47 Å². The summed E-state index contributed by atoms with van der Waals surface area (Å²) in [6.07, 6.45) is 2.60. The molecule has 2 unspecified atom stereocenters. The van der Waals surface area contributed by atoms with E-state index in [-0.39, 0.29) is 86.6 Å². The van der Waals surface area contributed by atoms with Crippen LogP contribution in [0, 0.1) is 46.3 Å². The second-order valence-corrected chi connectivity index (χ2v) is 15.3. The molecule has 0 amide bonds. The number of aliphatic hydroxyl groups excluding tert-OH is 1. The molecule has 7 nitrogen and oxygen atoms in total. The number of ketones is 2. The minimum atomic E-state index is -0.948. The summed E-state index contributed by atoms with van der Waals surface area (Å²) in [5.74, 6) is -0.809. The van der Waals surface area contributed by atoms with Crippen molar-refractivity contribution in [3.63, 3.8) is 0 Å². The van der Waals surface area contributed by atoms with E-state index < -0.39 is 17.6 Å². The topological polar surface area (TPSA) is 107 Å². The zero-order valence-electron chi connectivity index (χ0n) is 24.0. The van der Waals surface area contributed by atoms with E-state index in [9.17, 15) is 24.3 Å². The van der Waals surface area contributed by atoms with Crippen molar-refractivity contribution in [1.82, 2.24) is 0 Å². The molecule has 39 heavy (non-hydrogen) atoms. The Morgan fingerprint density at radius 2 is 1.72 bits per heavy atom. The number of hydrogen-bond donors (Lipinski definition) is 1. The van der Waals surface area contributed by atoms with Gasteiger partial charge in [-0.25, -0.2) is 0 Å². The van der Waals surface area contributed by atoms with Gasteiger partial charge in [-0.3, -0.25) is 19.2 Å². The van der Waals surface area contributed by atoms with Gasteiger partial charge in [0.1, 0.15) is 11.9 Å². The fraction of sp³-hybridized carbons (Fsp3) is 0.867. The molecular weight excluding hydrogens is 632 g/mol. The minimum Gasteiger partial charge on any atom is -0.463 e. The van der Waals surface area contributed by atoms with Crippen LogP contribution in [0.1, 0.15) is 86.5 Å². The van der Waals surface area contributed by atoms with Crippen LogP contribution in [0.2, 0.25) is 0 Å². The first-order valence-electron chi connectivity index (χ1n) is 14.5. The number of halogens is 2. The lowest BCUT2D eigenvalue weighted by Gasteiger charge is -2.64. The van der Waals surface area contributed by atoms with Crippen LogP contribution in [0.4, 0.5) is 0 Å². The van der Waals surface area contributed by atoms with E-state index in [0.717, 1.165) is 12.8 Å². The molecule has 4 aliphatic carbocycles. The summed E-state index contributed by atoms with van der Waals surface area (Å²) in [6, 6.07) is 0. The van der Waals surface area contributed by atoms with E-state index in [1.807, 2.05) is 13.8 Å². The zero-order chi connectivity index (χ0) is 29.0. The molecule has 4 saturated carbocycles. The number of esters is 2. The lowest BCUT2D eigenvalue weighted by atomic mass is 9.42. The molecule has 9 heteroatoms. The van der Waals surface area contributed by atoms with Crippen molar-refractivity contribution < 1.29 is 33.8 Å². The molecule has 0 aromatic heterocycles. The number of Topliss-reactive ketones (excluding diaryl/α,β-unsaturated/α-hetero) is 2. The average Bonchev–Trinajstić information content (AvgIpc) is 3.24. The first kappa shape index (κ1) is 31.1. The van der Waals surface area contributed by atoms with Crippen LogP contribution in [0.15, 0.2) is 0 Å². The van der Waals surface area contributed by atoms with E-state index in [1.54, 1.807) is 6.92 Å². The Morgan fingerprint density at radius 3 is 2.31 bits per heavy atom. The van der Waals surface area contributed by atoms with Crippen LogP contribution in [-0.2, 0) is 28.7 Å². The van der Waals surface area contributed by atoms with Crippen molar-refractivity contribution in [3.05, 3.63) is 0 Å². The minimum absolute atomic E-state index is 0.00338. The van der Waals surface area contributed by atoms with Crippen LogP contribution in [0.5, 0.6) is 0 Å². The van der Waals surface area contributed by atoms with Crippen LogP contribution in [-0.4, -0.2) is 56.6 Å². The van der Waals surface area contributed by atoms with Crippen molar-refractivity contribution in [3.8, 4) is 0 Å². The molecule has 0 aromatic carbocycles. The highest BCUT2D eigenvalue weighted by Gasteiger charge is 2.70. The number of ether oxygens (including phenoxy) is 2. The van der Waals surface area contributed by atoms with Crippen LogP contribution in [0.25, 0.3) is 0 Å². The predicted molar refractivity (Wildman–Crippen MR) is 153 cm³/mol. The Balaban J connectivity index is 1.71. The fourth-order valence-electron chi connectivity index (χ4n) is 9.50. The maximum absolute atomic E-state index is 13.7. The molecule has 0 saturated heterocycles. The molecule has 4 aliphatic rings. The largest absolute Gasteiger partial charge is 0.463 e. The Kier molecular flexibility index (Phi) is 9.16. The van der Waals surface area contributed by atoms with Gasteiger partial charge in [-0.15, -0.1) is 0 Å². The third-order valence-corrected chi connectivity index (χ3v) is 12.8. The Hall–Kier alpha value is -0.800. The maximum atomic E-state index is 13.7. The van der Waals surface area contributed by atoms with Gasteiger partial charge in [0.05, 0.1) is 27.3 Å². The lowest BCUT2D eigenvalue weighted by molar-refractivity contribution is -0.211. The molecule has 220 valence electrons. The number of carbonyl (C=O) groups excluding carboxylic acids is 4. The number of aliphatic hydroxyl groups is 1. The second-order valence-electron chi connectivity index (χ2n) is 13.2. The number of hydrogen-bond acceptors (Lipinski definition) is 7. The van der Waals surface area contributed by atoms with E-state index in [0.29, 0.717) is 25.7 Å². The van der Waals surface area contributed by atoms with E-state index in [2.05, 4.69) is 45.7 Å². The van der Waals surface area contributed by atoms with E-state index >= 15 is 0 Å². The first-order valence-corrected chi connectivity index (χ1v) is 16.4. The van der Waals surface area contributed by atoms with Crippen molar-refractivity contribution >= 4 is 55.4 Å². The molecule has 0 aromatic rings. The number of carbonyl (C=O) groups is 4. The highest BCUT2D eigenvalue weighted by molar-refractivity contribution is 9.10. The van der Waals surface area contributed by atoms with Crippen LogP contribution in [0.3, 0.4) is 0 Å². The Bertz CT molecular complexity index is 1000. The molecule has 4 rings (SSSR count). The number of alkyl halides is 2. The second kappa shape index (κ2) is 11.5. The van der Waals surface area contributed by atoms with Gasteiger partial charge in [-0.2, -0.15) is 0 Å². The first-order chi connectivity index (χ1) is 18.2. The highest BCUT2D eigenvalue weighted by atomic mass is 79.9. The van der Waals surface area contributed by atoms with Gasteiger partial charge in [-0.1, -0.05) is 45.7 Å². The SMILES string of the molecule is CC(=O)O[C@@H]1C[C@@H]2[C@@H](Br)C(=O)[C@@H](Br)C[C@]2(C)C2C[C@H](O)[C@]3(C(C)=O)[C@@H]([C@H](C)CCC(=O)OC(C)C)CC[C@H]3C21. The van der Waals surface area contributed by atoms with Crippen molar-refractivity contribution in [2.75, 3.05) is 0 Å². The summed E-state index contributed by atoms with van der Waals surface area (Å²) in [5, 5.41) is 12.0. The third kappa shape index (κ3) is 5.19. The van der Waals surface area contributed by atoms with E-state index in [1.165, 1.54) is 6.92 Å². The molecular formula is C30H44Br2O7. The normalized spacial score (nSPS) is 44.2. The van der Waals surface area contributed by atoms with Gasteiger partial charge in [-0.05, 0) is 94.3 Å². The highest BCUT2D eigenvalue weighted by Crippen LogP contribution is 2.69. The summed E-state index contributed by atoms with van der Waals surface area (Å²) in [4.78, 5) is 50.6. The molecule has 0 radical (unpaired) electrons.